The van der Waals surface area contributed by atoms with E-state index < -0.39 is 0 Å². The van der Waals surface area contributed by atoms with Gasteiger partial charge >= 0.3 is 4.87 Å². The number of aromatic amines is 1. The van der Waals surface area contributed by atoms with E-state index in [0.717, 1.165) is 22.6 Å². The third kappa shape index (κ3) is 3.14. The molecule has 5 heteroatoms. The zero-order valence-corrected chi connectivity index (χ0v) is 11.9. The van der Waals surface area contributed by atoms with Crippen LogP contribution in [-0.2, 0) is 6.42 Å². The predicted octanol–water partition coefficient (Wildman–Crippen LogP) is 3.53. The second-order valence-electron chi connectivity index (χ2n) is 4.49. The lowest BCUT2D eigenvalue weighted by atomic mass is 10.1. The molecule has 106 valence electrons. The maximum absolute atomic E-state index is 11.2. The molecule has 0 spiro atoms. The Kier molecular flexibility index (Phi) is 3.75. The van der Waals surface area contributed by atoms with Crippen molar-refractivity contribution in [2.45, 2.75) is 6.42 Å². The van der Waals surface area contributed by atoms with Gasteiger partial charge in [-0.15, -0.1) is 0 Å². The molecule has 0 atom stereocenters. The molecule has 1 aromatic heterocycles. The third-order valence-corrected chi connectivity index (χ3v) is 3.87. The Bertz CT molecular complexity index is 793. The lowest BCUT2D eigenvalue weighted by Crippen LogP contribution is -1.92. The number of hydrogen-bond donors (Lipinski definition) is 2. The minimum Gasteiger partial charge on any atom is -0.494 e. The van der Waals surface area contributed by atoms with Gasteiger partial charge in [0.05, 0.1) is 4.88 Å². The summed E-state index contributed by atoms with van der Waals surface area (Å²) >= 11 is 1.01. The first kappa shape index (κ1) is 13.5. The highest BCUT2D eigenvalue weighted by Crippen LogP contribution is 2.29. The smallest absolute Gasteiger partial charge is 0.307 e. The number of thiazole rings is 1. The fourth-order valence-corrected chi connectivity index (χ4v) is 2.76. The van der Waals surface area contributed by atoms with Crippen molar-refractivity contribution in [2.24, 2.45) is 0 Å². The van der Waals surface area contributed by atoms with Crippen LogP contribution in [0.1, 0.15) is 10.4 Å². The fourth-order valence-electron chi connectivity index (χ4n) is 2.01. The summed E-state index contributed by atoms with van der Waals surface area (Å²) in [6, 6.07) is 17.1. The highest BCUT2D eigenvalue weighted by Gasteiger charge is 2.11. The Balaban J connectivity index is 1.89. The quantitative estimate of drug-likeness (QED) is 0.774. The highest BCUT2D eigenvalue weighted by atomic mass is 32.1. The summed E-state index contributed by atoms with van der Waals surface area (Å²) in [6.45, 7) is 0. The number of ether oxygens (including phenoxy) is 1. The van der Waals surface area contributed by atoms with Crippen molar-refractivity contribution in [3.05, 3.63) is 74.7 Å². The van der Waals surface area contributed by atoms with Crippen molar-refractivity contribution in [1.29, 1.82) is 0 Å². The monoisotopic (exact) mass is 299 g/mol. The summed E-state index contributed by atoms with van der Waals surface area (Å²) in [6.07, 6.45) is 0.443. The van der Waals surface area contributed by atoms with Crippen LogP contribution in [0.25, 0.3) is 0 Å². The summed E-state index contributed by atoms with van der Waals surface area (Å²) in [7, 11) is 0. The maximum atomic E-state index is 11.2. The maximum Gasteiger partial charge on any atom is 0.307 e. The van der Waals surface area contributed by atoms with E-state index in [1.165, 1.54) is 0 Å². The van der Waals surface area contributed by atoms with Gasteiger partial charge in [-0.05, 0) is 18.2 Å². The van der Waals surface area contributed by atoms with Crippen LogP contribution in [0.3, 0.4) is 0 Å². The number of nitrogens with one attached hydrogen (secondary N) is 1. The molecule has 0 amide bonds. The molecule has 2 aromatic carbocycles. The molecule has 21 heavy (non-hydrogen) atoms. The van der Waals surface area contributed by atoms with Crippen molar-refractivity contribution in [3.63, 3.8) is 0 Å². The molecule has 0 unspecified atom stereocenters. The number of H-pyrrole nitrogens is 1. The van der Waals surface area contributed by atoms with E-state index in [-0.39, 0.29) is 10.8 Å². The van der Waals surface area contributed by atoms with Gasteiger partial charge in [-0.3, -0.25) is 9.78 Å². The van der Waals surface area contributed by atoms with Crippen LogP contribution in [0, 0.1) is 0 Å². The summed E-state index contributed by atoms with van der Waals surface area (Å²) in [5.41, 5.74) is 0.909. The first-order valence-corrected chi connectivity index (χ1v) is 7.26. The number of aromatic nitrogens is 1. The van der Waals surface area contributed by atoms with Crippen LogP contribution in [0.15, 0.2) is 59.4 Å². The first-order valence-electron chi connectivity index (χ1n) is 6.44. The van der Waals surface area contributed by atoms with Crippen LogP contribution in [0.2, 0.25) is 0 Å². The molecule has 2 N–H and O–H groups in total. The Morgan fingerprint density at radius 2 is 1.76 bits per heavy atom. The van der Waals surface area contributed by atoms with Gasteiger partial charge in [-0.2, -0.15) is 0 Å². The molecule has 0 saturated heterocycles. The Hall–Kier alpha value is -2.53. The number of benzene rings is 2. The SMILES string of the molecule is O=c1[nH]c(O)c(Cc2ccccc2Oc2ccccc2)s1. The van der Waals surface area contributed by atoms with Crippen molar-refractivity contribution in [3.8, 4) is 17.4 Å². The van der Waals surface area contributed by atoms with Gasteiger partial charge in [-0.25, -0.2) is 0 Å². The summed E-state index contributed by atoms with van der Waals surface area (Å²) in [4.78, 5) is 14.0. The van der Waals surface area contributed by atoms with E-state index in [1.54, 1.807) is 0 Å². The molecule has 0 aliphatic carbocycles. The van der Waals surface area contributed by atoms with Crippen molar-refractivity contribution >= 4 is 11.3 Å². The lowest BCUT2D eigenvalue weighted by molar-refractivity contribution is 0.450. The summed E-state index contributed by atoms with van der Waals surface area (Å²) < 4.78 is 5.86. The van der Waals surface area contributed by atoms with E-state index in [1.807, 2.05) is 54.6 Å². The normalized spacial score (nSPS) is 10.5. The van der Waals surface area contributed by atoms with Crippen LogP contribution in [0.4, 0.5) is 0 Å². The highest BCUT2D eigenvalue weighted by molar-refractivity contribution is 7.09. The second kappa shape index (κ2) is 5.85. The number of rotatable bonds is 4. The predicted molar refractivity (Wildman–Crippen MR) is 82.4 cm³/mol. The Labute approximate surface area is 125 Å². The molecule has 3 aromatic rings. The molecular weight excluding hydrogens is 286 g/mol. The molecular formula is C16H13NO3S. The van der Waals surface area contributed by atoms with E-state index in [0.29, 0.717) is 17.0 Å². The van der Waals surface area contributed by atoms with Crippen molar-refractivity contribution in [2.75, 3.05) is 0 Å². The van der Waals surface area contributed by atoms with E-state index >= 15 is 0 Å². The van der Waals surface area contributed by atoms with E-state index in [2.05, 4.69) is 4.98 Å². The van der Waals surface area contributed by atoms with Gasteiger partial charge < -0.3 is 9.84 Å². The number of aromatic hydroxyl groups is 1. The molecule has 0 aliphatic heterocycles. The molecule has 0 bridgehead atoms. The minimum absolute atomic E-state index is 0.0699. The Morgan fingerprint density at radius 1 is 1.05 bits per heavy atom. The molecule has 0 radical (unpaired) electrons. The zero-order chi connectivity index (χ0) is 14.7. The average molecular weight is 299 g/mol. The topological polar surface area (TPSA) is 62.3 Å². The van der Waals surface area contributed by atoms with Gasteiger partial charge in [-0.1, -0.05) is 47.7 Å². The summed E-state index contributed by atoms with van der Waals surface area (Å²) in [5, 5.41) is 9.69. The molecule has 0 saturated carbocycles. The van der Waals surface area contributed by atoms with E-state index in [4.69, 9.17) is 4.74 Å². The van der Waals surface area contributed by atoms with E-state index in [9.17, 15) is 9.90 Å². The minimum atomic E-state index is -0.260. The van der Waals surface area contributed by atoms with Crippen molar-refractivity contribution in [1.82, 2.24) is 4.98 Å². The molecule has 1 heterocycles. The number of hydrogen-bond acceptors (Lipinski definition) is 4. The largest absolute Gasteiger partial charge is 0.494 e. The Morgan fingerprint density at radius 3 is 2.48 bits per heavy atom. The van der Waals surface area contributed by atoms with Crippen LogP contribution in [-0.4, -0.2) is 10.1 Å². The molecule has 0 fully saturated rings. The zero-order valence-electron chi connectivity index (χ0n) is 11.1. The van der Waals surface area contributed by atoms with Gasteiger partial charge in [0, 0.05) is 12.0 Å². The second-order valence-corrected chi connectivity index (χ2v) is 5.55. The molecule has 4 nitrogen and oxygen atoms in total. The van der Waals surface area contributed by atoms with Crippen molar-refractivity contribution < 1.29 is 9.84 Å². The van der Waals surface area contributed by atoms with Gasteiger partial charge in [0.2, 0.25) is 5.88 Å². The lowest BCUT2D eigenvalue weighted by Gasteiger charge is -2.10. The number of para-hydroxylation sites is 2. The van der Waals surface area contributed by atoms with Crippen LogP contribution < -0.4 is 9.61 Å². The summed E-state index contributed by atoms with van der Waals surface area (Å²) in [5.74, 6) is 1.39. The van der Waals surface area contributed by atoms with Crippen LogP contribution >= 0.6 is 11.3 Å². The standard InChI is InChI=1S/C16H13NO3S/c18-15-14(21-16(19)17-15)10-11-6-4-5-9-13(11)20-12-7-2-1-3-8-12/h1-9,18H,10H2,(H,17,19). The average Bonchev–Trinajstić information content (AvgIpc) is 2.80. The molecule has 0 aliphatic rings. The van der Waals surface area contributed by atoms with Gasteiger partial charge in [0.25, 0.3) is 0 Å². The molecule has 3 rings (SSSR count). The van der Waals surface area contributed by atoms with Gasteiger partial charge in [0.15, 0.2) is 0 Å². The van der Waals surface area contributed by atoms with Gasteiger partial charge in [0.1, 0.15) is 11.5 Å². The fraction of sp³-hybridized carbons (Fsp3) is 0.0625. The third-order valence-electron chi connectivity index (χ3n) is 3.00. The van der Waals surface area contributed by atoms with Crippen LogP contribution in [0.5, 0.6) is 17.4 Å². The first-order chi connectivity index (χ1) is 10.2.